The Hall–Kier alpha value is -0.400. The van der Waals surface area contributed by atoms with Crippen LogP contribution in [-0.2, 0) is 4.79 Å². The molecule has 0 aliphatic rings. The Morgan fingerprint density at radius 2 is 1.76 bits per heavy atom. The molecule has 0 aromatic carbocycles. The molecule has 0 fully saturated rings. The van der Waals surface area contributed by atoms with E-state index in [4.69, 9.17) is 0 Å². The molecule has 0 aromatic rings. The quantitative estimate of drug-likeness (QED) is 0.663. The lowest BCUT2D eigenvalue weighted by Crippen LogP contribution is -2.35. The highest BCUT2D eigenvalue weighted by atomic mass is 32.2. The Morgan fingerprint density at radius 3 is 2.18 bits per heavy atom. The molecule has 0 spiro atoms. The van der Waals surface area contributed by atoms with Gasteiger partial charge in [-0.05, 0) is 6.42 Å². The van der Waals surface area contributed by atoms with Crippen molar-refractivity contribution in [2.24, 2.45) is 0 Å². The molecule has 102 valence electrons. The summed E-state index contributed by atoms with van der Waals surface area (Å²) in [5, 5.41) is -0.364. The lowest BCUT2D eigenvalue weighted by molar-refractivity contribution is -0.110. The summed E-state index contributed by atoms with van der Waals surface area (Å²) in [5.41, 5.74) is 0. The van der Waals surface area contributed by atoms with E-state index < -0.39 is 37.5 Å². The summed E-state index contributed by atoms with van der Waals surface area (Å²) in [7, 11) is 0. The van der Waals surface area contributed by atoms with Crippen LogP contribution in [0.25, 0.3) is 0 Å². The Kier molecular flexibility index (Phi) is 6.96. The molecule has 0 bridgehead atoms. The first-order valence-electron chi connectivity index (χ1n) is 4.74. The third kappa shape index (κ3) is 6.80. The van der Waals surface area contributed by atoms with Gasteiger partial charge in [0.15, 0.2) is 17.5 Å². The molecular weight excluding hydrogens is 270 g/mol. The largest absolute Gasteiger partial charge is 0.288 e. The van der Waals surface area contributed by atoms with E-state index in [1.165, 1.54) is 6.92 Å². The van der Waals surface area contributed by atoms with Crippen LogP contribution in [0.2, 0.25) is 0 Å². The predicted molar refractivity (Wildman–Crippen MR) is 53.1 cm³/mol. The second-order valence-corrected chi connectivity index (χ2v) is 4.68. The van der Waals surface area contributed by atoms with E-state index in [0.717, 1.165) is 0 Å². The van der Waals surface area contributed by atoms with Crippen molar-refractivity contribution in [1.82, 2.24) is 0 Å². The average Bonchev–Trinajstić information content (AvgIpc) is 2.15. The van der Waals surface area contributed by atoms with Gasteiger partial charge in [0, 0.05) is 12.7 Å². The van der Waals surface area contributed by atoms with Crippen LogP contribution in [0.15, 0.2) is 0 Å². The van der Waals surface area contributed by atoms with Gasteiger partial charge in [-0.2, -0.15) is 0 Å². The molecule has 0 aliphatic carbocycles. The van der Waals surface area contributed by atoms with Crippen LogP contribution in [0.1, 0.15) is 19.8 Å². The highest BCUT2D eigenvalue weighted by molar-refractivity contribution is 8.13. The summed E-state index contributed by atoms with van der Waals surface area (Å²) < 4.78 is 74.6. The van der Waals surface area contributed by atoms with Crippen molar-refractivity contribution in [3.05, 3.63) is 0 Å². The van der Waals surface area contributed by atoms with Gasteiger partial charge in [-0.3, -0.25) is 4.79 Å². The van der Waals surface area contributed by atoms with E-state index in [0.29, 0.717) is 11.8 Å². The number of thioether (sulfide) groups is 1. The smallest absolute Gasteiger partial charge is 0.281 e. The monoisotopic (exact) mass is 282 g/mol. The van der Waals surface area contributed by atoms with Crippen LogP contribution < -0.4 is 0 Å². The molecule has 1 nitrogen and oxygen atoms in total. The summed E-state index contributed by atoms with van der Waals surface area (Å²) in [5.74, 6) is -4.34. The fourth-order valence-corrected chi connectivity index (χ4v) is 1.61. The number of carbonyl (C=O) groups is 1. The van der Waals surface area contributed by atoms with Gasteiger partial charge in [-0.15, -0.1) is 0 Å². The Balaban J connectivity index is 4.14. The lowest BCUT2D eigenvalue weighted by atomic mass is 10.1. The minimum absolute atomic E-state index is 0.197. The first-order chi connectivity index (χ1) is 7.66. The molecule has 0 radical (unpaired) electrons. The van der Waals surface area contributed by atoms with E-state index in [2.05, 4.69) is 0 Å². The summed E-state index contributed by atoms with van der Waals surface area (Å²) >= 11 is 0.647. The van der Waals surface area contributed by atoms with E-state index in [-0.39, 0.29) is 10.9 Å². The van der Waals surface area contributed by atoms with Gasteiger partial charge in [0.1, 0.15) is 0 Å². The van der Waals surface area contributed by atoms with Gasteiger partial charge in [0.05, 0.1) is 6.42 Å². The fourth-order valence-electron chi connectivity index (χ4n) is 0.994. The number of hydrogen-bond donors (Lipinski definition) is 0. The van der Waals surface area contributed by atoms with Crippen molar-refractivity contribution in [3.8, 4) is 0 Å². The Bertz CT molecular complexity index is 248. The zero-order valence-corrected chi connectivity index (χ0v) is 9.75. The van der Waals surface area contributed by atoms with Crippen molar-refractivity contribution >= 4 is 16.9 Å². The summed E-state index contributed by atoms with van der Waals surface area (Å²) in [6.45, 7) is 1.18. The van der Waals surface area contributed by atoms with Crippen molar-refractivity contribution in [1.29, 1.82) is 0 Å². The maximum absolute atomic E-state index is 13.0. The fraction of sp³-hybridized carbons (Fsp3) is 0.889. The van der Waals surface area contributed by atoms with Crippen LogP contribution >= 0.6 is 11.8 Å². The molecule has 8 heteroatoms. The van der Waals surface area contributed by atoms with Gasteiger partial charge in [0.2, 0.25) is 0 Å². The Labute approximate surface area is 98.9 Å². The second-order valence-electron chi connectivity index (χ2n) is 3.41. The average molecular weight is 282 g/mol. The minimum atomic E-state index is -4.15. The predicted octanol–water partition coefficient (Wildman–Crippen LogP) is 3.62. The molecule has 17 heavy (non-hydrogen) atoms. The summed E-state index contributed by atoms with van der Waals surface area (Å²) in [6.07, 6.45) is -11.9. The molecule has 0 saturated heterocycles. The first-order valence-corrected chi connectivity index (χ1v) is 5.73. The molecule has 0 saturated carbocycles. The molecule has 2 unspecified atom stereocenters. The second kappa shape index (κ2) is 7.13. The number of carbonyl (C=O) groups excluding carboxylic acids is 1. The van der Waals surface area contributed by atoms with Crippen LogP contribution in [0.4, 0.5) is 26.3 Å². The van der Waals surface area contributed by atoms with Gasteiger partial charge in [0.25, 0.3) is 12.3 Å². The normalized spacial score (nSPS) is 16.0. The van der Waals surface area contributed by atoms with Gasteiger partial charge < -0.3 is 0 Å². The number of halogens is 6. The SMILES string of the molecule is CC(=O)SCCC(F)C(F)(F)CC(F)C(F)F. The van der Waals surface area contributed by atoms with Crippen molar-refractivity contribution < 1.29 is 31.1 Å². The Morgan fingerprint density at radius 1 is 1.24 bits per heavy atom. The zero-order valence-electron chi connectivity index (χ0n) is 8.94. The topological polar surface area (TPSA) is 17.1 Å². The van der Waals surface area contributed by atoms with Crippen LogP contribution in [0.5, 0.6) is 0 Å². The zero-order chi connectivity index (χ0) is 13.6. The highest BCUT2D eigenvalue weighted by Gasteiger charge is 2.44. The summed E-state index contributed by atoms with van der Waals surface area (Å²) in [6, 6.07) is 0. The molecule has 0 amide bonds. The maximum atomic E-state index is 13.0. The van der Waals surface area contributed by atoms with E-state index in [1.807, 2.05) is 0 Å². The van der Waals surface area contributed by atoms with Crippen LogP contribution in [0, 0.1) is 0 Å². The minimum Gasteiger partial charge on any atom is -0.288 e. The molecule has 0 N–H and O–H groups in total. The maximum Gasteiger partial charge on any atom is 0.281 e. The first kappa shape index (κ1) is 16.6. The van der Waals surface area contributed by atoms with Crippen LogP contribution in [-0.4, -0.2) is 35.6 Å². The van der Waals surface area contributed by atoms with Gasteiger partial charge in [-0.1, -0.05) is 11.8 Å². The van der Waals surface area contributed by atoms with Crippen molar-refractivity contribution in [2.45, 2.75) is 44.5 Å². The molecule has 0 aromatic heterocycles. The number of hydrogen-bond acceptors (Lipinski definition) is 2. The molecular formula is C9H12F6OS. The van der Waals surface area contributed by atoms with Crippen LogP contribution in [0.3, 0.4) is 0 Å². The third-order valence-electron chi connectivity index (χ3n) is 1.88. The lowest BCUT2D eigenvalue weighted by Gasteiger charge is -2.21. The number of alkyl halides is 6. The number of rotatable bonds is 7. The molecule has 2 atom stereocenters. The van der Waals surface area contributed by atoms with Crippen molar-refractivity contribution in [2.75, 3.05) is 5.75 Å². The van der Waals surface area contributed by atoms with E-state index in [9.17, 15) is 31.1 Å². The summed E-state index contributed by atoms with van der Waals surface area (Å²) in [4.78, 5) is 10.4. The molecule has 0 heterocycles. The standard InChI is InChI=1S/C9H12F6OS/c1-5(16)17-3-2-7(11)9(14,15)4-6(10)8(12)13/h6-8H,2-4H2,1H3. The molecule has 0 rings (SSSR count). The van der Waals surface area contributed by atoms with E-state index in [1.54, 1.807) is 0 Å². The van der Waals surface area contributed by atoms with E-state index >= 15 is 0 Å². The van der Waals surface area contributed by atoms with Gasteiger partial charge in [-0.25, -0.2) is 26.3 Å². The van der Waals surface area contributed by atoms with Gasteiger partial charge >= 0.3 is 0 Å². The third-order valence-corrected chi connectivity index (χ3v) is 2.72. The molecule has 0 aliphatic heterocycles. The van der Waals surface area contributed by atoms with Crippen molar-refractivity contribution in [3.63, 3.8) is 0 Å². The highest BCUT2D eigenvalue weighted by Crippen LogP contribution is 2.32.